The molecule has 0 aromatic heterocycles. The molecule has 0 unspecified atom stereocenters. The number of nitrogens with two attached hydrogens (primary N) is 1. The molecule has 1 rings (SSSR count). The lowest BCUT2D eigenvalue weighted by atomic mass is 10.2. The first-order chi connectivity index (χ1) is 8.86. The third-order valence-corrected chi connectivity index (χ3v) is 2.57. The largest absolute Gasteiger partial charge is 0.491 e. The van der Waals surface area contributed by atoms with Gasteiger partial charge in [-0.15, -0.1) is 0 Å². The predicted octanol–water partition coefficient (Wildman–Crippen LogP) is 1.19. The second kappa shape index (κ2) is 9.88. The summed E-state index contributed by atoms with van der Waals surface area (Å²) in [6.07, 6.45) is 1.05. The molecular formula is C14H24N2O2. The van der Waals surface area contributed by atoms with Crippen molar-refractivity contribution in [1.29, 1.82) is 0 Å². The molecule has 0 radical (unpaired) electrons. The Balaban J connectivity index is 2.00. The average molecular weight is 252 g/mol. The maximum absolute atomic E-state index is 5.57. The molecule has 0 aliphatic carbocycles. The first kappa shape index (κ1) is 15.0. The average Bonchev–Trinajstić information content (AvgIpc) is 2.42. The molecule has 4 heteroatoms. The number of benzene rings is 1. The van der Waals surface area contributed by atoms with Gasteiger partial charge in [-0.05, 0) is 24.1 Å². The van der Waals surface area contributed by atoms with Gasteiger partial charge in [0, 0.05) is 19.6 Å². The molecule has 0 spiro atoms. The van der Waals surface area contributed by atoms with E-state index in [-0.39, 0.29) is 0 Å². The minimum absolute atomic E-state index is 0.586. The van der Waals surface area contributed by atoms with Crippen LogP contribution >= 0.6 is 0 Å². The molecular weight excluding hydrogens is 228 g/mol. The van der Waals surface area contributed by atoms with Crippen LogP contribution in [0.1, 0.15) is 12.5 Å². The molecule has 3 N–H and O–H groups in total. The molecule has 4 nitrogen and oxygen atoms in total. The molecule has 0 aliphatic heterocycles. The Morgan fingerprint density at radius 1 is 1.06 bits per heavy atom. The highest BCUT2D eigenvalue weighted by atomic mass is 16.5. The molecule has 0 saturated heterocycles. The Hall–Kier alpha value is -1.10. The van der Waals surface area contributed by atoms with E-state index in [1.165, 1.54) is 5.56 Å². The lowest BCUT2D eigenvalue weighted by Gasteiger charge is -2.08. The summed E-state index contributed by atoms with van der Waals surface area (Å²) in [7, 11) is 0. The van der Waals surface area contributed by atoms with Crippen molar-refractivity contribution in [1.82, 2.24) is 5.32 Å². The van der Waals surface area contributed by atoms with Crippen LogP contribution < -0.4 is 15.8 Å². The van der Waals surface area contributed by atoms with Gasteiger partial charge in [0.05, 0.1) is 13.2 Å². The summed E-state index contributed by atoms with van der Waals surface area (Å²) in [4.78, 5) is 0. The summed E-state index contributed by atoms with van der Waals surface area (Å²) in [5, 5.41) is 3.17. The standard InChI is InChI=1S/C14H24N2O2/c1-2-13-3-5-14(6-4-13)18-12-11-17-10-9-16-8-7-15/h3-6,16H,2,7-12,15H2,1H3. The van der Waals surface area contributed by atoms with Gasteiger partial charge in [-0.2, -0.15) is 0 Å². The van der Waals surface area contributed by atoms with Crippen molar-refractivity contribution >= 4 is 0 Å². The van der Waals surface area contributed by atoms with Crippen LogP contribution in [0.3, 0.4) is 0 Å². The summed E-state index contributed by atoms with van der Waals surface area (Å²) in [5.74, 6) is 0.900. The summed E-state index contributed by atoms with van der Waals surface area (Å²) in [5.41, 5.74) is 6.68. The molecule has 1 aromatic rings. The van der Waals surface area contributed by atoms with E-state index < -0.39 is 0 Å². The molecule has 0 aliphatic rings. The van der Waals surface area contributed by atoms with Gasteiger partial charge in [-0.3, -0.25) is 0 Å². The first-order valence-electron chi connectivity index (χ1n) is 6.57. The fraction of sp³-hybridized carbons (Fsp3) is 0.571. The van der Waals surface area contributed by atoms with Crippen LogP contribution in [-0.2, 0) is 11.2 Å². The summed E-state index contributed by atoms with van der Waals surface area (Å²) >= 11 is 0. The first-order valence-corrected chi connectivity index (χ1v) is 6.57. The molecule has 0 saturated carbocycles. The van der Waals surface area contributed by atoms with Crippen LogP contribution in [0.15, 0.2) is 24.3 Å². The van der Waals surface area contributed by atoms with E-state index in [0.717, 1.165) is 25.3 Å². The van der Waals surface area contributed by atoms with E-state index in [2.05, 4.69) is 24.4 Å². The molecule has 0 fully saturated rings. The topological polar surface area (TPSA) is 56.5 Å². The second-order valence-corrected chi connectivity index (χ2v) is 4.00. The fourth-order valence-corrected chi connectivity index (χ4v) is 1.51. The monoisotopic (exact) mass is 252 g/mol. The van der Waals surface area contributed by atoms with Gasteiger partial charge in [-0.25, -0.2) is 0 Å². The summed E-state index contributed by atoms with van der Waals surface area (Å²) in [6, 6.07) is 8.18. The minimum Gasteiger partial charge on any atom is -0.491 e. The van der Waals surface area contributed by atoms with Crippen molar-refractivity contribution in [3.63, 3.8) is 0 Å². The Morgan fingerprint density at radius 2 is 1.83 bits per heavy atom. The van der Waals surface area contributed by atoms with E-state index >= 15 is 0 Å². The predicted molar refractivity (Wildman–Crippen MR) is 74.1 cm³/mol. The SMILES string of the molecule is CCc1ccc(OCCOCCNCCN)cc1. The quantitative estimate of drug-likeness (QED) is 0.614. The number of ether oxygens (including phenoxy) is 2. The smallest absolute Gasteiger partial charge is 0.119 e. The van der Waals surface area contributed by atoms with Crippen LogP contribution in [0.2, 0.25) is 0 Å². The Bertz CT molecular complexity index is 301. The number of hydrogen-bond acceptors (Lipinski definition) is 4. The highest BCUT2D eigenvalue weighted by Gasteiger charge is 1.94. The maximum atomic E-state index is 5.57. The molecule has 18 heavy (non-hydrogen) atoms. The molecule has 0 heterocycles. The summed E-state index contributed by atoms with van der Waals surface area (Å²) < 4.78 is 11.0. The molecule has 0 bridgehead atoms. The van der Waals surface area contributed by atoms with Gasteiger partial charge in [0.2, 0.25) is 0 Å². The zero-order chi connectivity index (χ0) is 13.1. The van der Waals surface area contributed by atoms with Crippen LogP contribution in [0.5, 0.6) is 5.75 Å². The van der Waals surface area contributed by atoms with Crippen molar-refractivity contribution in [2.75, 3.05) is 39.5 Å². The zero-order valence-corrected chi connectivity index (χ0v) is 11.2. The van der Waals surface area contributed by atoms with Gasteiger partial charge in [0.1, 0.15) is 12.4 Å². The van der Waals surface area contributed by atoms with Crippen LogP contribution in [0, 0.1) is 0 Å². The van der Waals surface area contributed by atoms with Crippen molar-refractivity contribution in [3.8, 4) is 5.75 Å². The third-order valence-electron chi connectivity index (χ3n) is 2.57. The lowest BCUT2D eigenvalue weighted by Crippen LogP contribution is -2.26. The van der Waals surface area contributed by atoms with Crippen molar-refractivity contribution in [2.45, 2.75) is 13.3 Å². The van der Waals surface area contributed by atoms with E-state index in [0.29, 0.717) is 26.4 Å². The molecule has 0 amide bonds. The fourth-order valence-electron chi connectivity index (χ4n) is 1.51. The Kier molecular flexibility index (Phi) is 8.21. The highest BCUT2D eigenvalue weighted by Crippen LogP contribution is 2.12. The van der Waals surface area contributed by atoms with Crippen LogP contribution in [0.4, 0.5) is 0 Å². The van der Waals surface area contributed by atoms with Gasteiger partial charge < -0.3 is 20.5 Å². The maximum Gasteiger partial charge on any atom is 0.119 e. The Morgan fingerprint density at radius 3 is 2.50 bits per heavy atom. The van der Waals surface area contributed by atoms with E-state index in [4.69, 9.17) is 15.2 Å². The number of nitrogens with one attached hydrogen (secondary N) is 1. The van der Waals surface area contributed by atoms with Gasteiger partial charge in [0.25, 0.3) is 0 Å². The number of hydrogen-bond donors (Lipinski definition) is 2. The van der Waals surface area contributed by atoms with Crippen molar-refractivity contribution in [2.24, 2.45) is 5.73 Å². The third kappa shape index (κ3) is 6.59. The van der Waals surface area contributed by atoms with Gasteiger partial charge in [0.15, 0.2) is 0 Å². The van der Waals surface area contributed by atoms with Crippen LogP contribution in [0.25, 0.3) is 0 Å². The van der Waals surface area contributed by atoms with Crippen molar-refractivity contribution in [3.05, 3.63) is 29.8 Å². The van der Waals surface area contributed by atoms with Crippen LogP contribution in [-0.4, -0.2) is 39.5 Å². The molecule has 1 aromatic carbocycles. The van der Waals surface area contributed by atoms with E-state index in [1.54, 1.807) is 0 Å². The molecule has 0 atom stereocenters. The number of rotatable bonds is 10. The second-order valence-electron chi connectivity index (χ2n) is 4.00. The van der Waals surface area contributed by atoms with E-state index in [1.807, 2.05) is 12.1 Å². The number of aryl methyl sites for hydroxylation is 1. The molecule has 102 valence electrons. The Labute approximate surface area is 109 Å². The zero-order valence-electron chi connectivity index (χ0n) is 11.2. The summed E-state index contributed by atoms with van der Waals surface area (Å²) in [6.45, 7) is 6.37. The van der Waals surface area contributed by atoms with Gasteiger partial charge >= 0.3 is 0 Å². The van der Waals surface area contributed by atoms with E-state index in [9.17, 15) is 0 Å². The van der Waals surface area contributed by atoms with Crippen molar-refractivity contribution < 1.29 is 9.47 Å². The lowest BCUT2D eigenvalue weighted by molar-refractivity contribution is 0.102. The minimum atomic E-state index is 0.586. The highest BCUT2D eigenvalue weighted by molar-refractivity contribution is 5.27. The van der Waals surface area contributed by atoms with Gasteiger partial charge in [-0.1, -0.05) is 19.1 Å². The normalized spacial score (nSPS) is 10.6.